The minimum atomic E-state index is -3.39. The average Bonchev–Trinajstić information content (AvgIpc) is 1.04. The summed E-state index contributed by atoms with van der Waals surface area (Å²) in [7, 11) is -8.43. The molecule has 85 heavy (non-hydrogen) atoms. The maximum Gasteiger partial charge on any atom is 0.219 e. The van der Waals surface area contributed by atoms with Crippen LogP contribution in [0.4, 0.5) is 0 Å². The maximum absolute atomic E-state index is 12.0. The van der Waals surface area contributed by atoms with Gasteiger partial charge < -0.3 is 40.2 Å². The molecule has 0 saturated heterocycles. The van der Waals surface area contributed by atoms with E-state index in [1.807, 2.05) is 47.6 Å². The molecule has 448 valence electrons. The number of nitrogens with zero attached hydrogens (tertiary/aromatic N) is 2. The van der Waals surface area contributed by atoms with Gasteiger partial charge in [0.05, 0.1) is 43.0 Å². The lowest BCUT2D eigenvalue weighted by Crippen LogP contribution is -2.30. The lowest BCUT2D eigenvalue weighted by Gasteiger charge is -2.35. The minimum absolute atomic E-state index is 0. The number of carbonyl (C=O) groups is 1. The largest absolute Gasteiger partial charge is 0.507 e. The van der Waals surface area contributed by atoms with Crippen LogP contribution >= 0.6 is 0 Å². The molecule has 3 heterocycles. The summed E-state index contributed by atoms with van der Waals surface area (Å²) < 4.78 is 89.5. The molecule has 9 rings (SSSR count). The number of nitriles is 1. The Hall–Kier alpha value is -8.87. The van der Waals surface area contributed by atoms with E-state index in [2.05, 4.69) is 41.4 Å². The summed E-state index contributed by atoms with van der Waals surface area (Å²) in [4.78, 5) is 13.6. The highest BCUT2D eigenvalue weighted by atomic mass is 32.2. The third-order valence-electron chi connectivity index (χ3n) is 13.2. The zero-order chi connectivity index (χ0) is 61.1. The fraction of sp³-hybridized carbons (Fsp3) is 0.303. The lowest BCUT2D eigenvalue weighted by molar-refractivity contribution is -0.128. The third-order valence-corrected chi connectivity index (χ3v) is 16.6. The highest BCUT2D eigenvalue weighted by Crippen LogP contribution is 2.53. The second-order valence-electron chi connectivity index (χ2n) is 20.8. The van der Waals surface area contributed by atoms with Gasteiger partial charge in [0.25, 0.3) is 0 Å². The summed E-state index contributed by atoms with van der Waals surface area (Å²) in [5, 5.41) is 40.4. The highest BCUT2D eigenvalue weighted by Gasteiger charge is 2.38. The van der Waals surface area contributed by atoms with Crippen LogP contribution in [0, 0.1) is 59.2 Å². The maximum atomic E-state index is 12.0. The summed E-state index contributed by atoms with van der Waals surface area (Å²) in [6.45, 7) is 15.1. The van der Waals surface area contributed by atoms with Gasteiger partial charge in [0.1, 0.15) is 51.3 Å². The molecule has 16 nitrogen and oxygen atoms in total. The van der Waals surface area contributed by atoms with Crippen LogP contribution in [-0.4, -0.2) is 77.2 Å². The first kappa shape index (κ1) is 70.4. The molecule has 5 N–H and O–H groups in total. The second-order valence-corrected chi connectivity index (χ2v) is 26.9. The fourth-order valence-electron chi connectivity index (χ4n) is 9.27. The van der Waals surface area contributed by atoms with Gasteiger partial charge in [-0.3, -0.25) is 4.79 Å². The summed E-state index contributed by atoms with van der Waals surface area (Å²) in [6, 6.07) is 26.1. The number of ether oxygens (including phenoxy) is 3. The van der Waals surface area contributed by atoms with Crippen molar-refractivity contribution in [2.45, 2.75) is 122 Å². The molecule has 3 aliphatic rings. The van der Waals surface area contributed by atoms with Crippen molar-refractivity contribution in [3.05, 3.63) is 124 Å². The Morgan fingerprint density at radius 3 is 1.25 bits per heavy atom. The number of carbonyl (C=O) groups excluding carboxylic acids is 1. The molecule has 0 radical (unpaired) electrons. The van der Waals surface area contributed by atoms with Crippen LogP contribution in [0.5, 0.6) is 34.5 Å². The molecule has 0 bridgehead atoms. The summed E-state index contributed by atoms with van der Waals surface area (Å²) in [5.74, 6) is 18.1. The van der Waals surface area contributed by atoms with Gasteiger partial charge in [0.15, 0.2) is 29.5 Å². The monoisotopic (exact) mass is 1210 g/mol. The van der Waals surface area contributed by atoms with Gasteiger partial charge in [0.2, 0.25) is 5.91 Å². The van der Waals surface area contributed by atoms with Gasteiger partial charge in [0, 0.05) is 62.5 Å². The van der Waals surface area contributed by atoms with Gasteiger partial charge in [-0.1, -0.05) is 46.4 Å². The third kappa shape index (κ3) is 15.9. The van der Waals surface area contributed by atoms with E-state index in [0.717, 1.165) is 46.6 Å². The van der Waals surface area contributed by atoms with Crippen molar-refractivity contribution >= 4 is 35.4 Å². The quantitative estimate of drug-likeness (QED) is 0.113. The zero-order valence-electron chi connectivity index (χ0n) is 47.3. The smallest absolute Gasteiger partial charge is 0.219 e. The first-order valence-corrected chi connectivity index (χ1v) is 30.7. The number of fused-ring (bicyclic) bond motifs is 9. The van der Waals surface area contributed by atoms with Crippen LogP contribution in [0.1, 0.15) is 111 Å². The van der Waals surface area contributed by atoms with E-state index in [0.29, 0.717) is 57.2 Å². The SMILES string of the molecule is C.C.C.C#CC#CC#CC#CC.CC(=O)N(C)Cc1cc(O)c2c(c1)OC(C)(C)c1ccc(S(C)(=O)=O)cc1-2.CC1(C)Oc2cc(C#N)cc(O)c2-c2cc(S(C)(=O)=O)ccc21.CC1(C)Oc2cc(CN)cc(O)c2-c2cc(S(C)(=O)=O)ccc21. The molecule has 0 aromatic heterocycles. The molecular weight excluding hydrogens is 1140 g/mol. The predicted octanol–water partition coefficient (Wildman–Crippen LogP) is 11.1. The Kier molecular flexibility index (Phi) is 22.2. The Balaban J connectivity index is 0.000000307. The first-order valence-electron chi connectivity index (χ1n) is 25.0. The van der Waals surface area contributed by atoms with E-state index in [1.54, 1.807) is 92.8 Å². The normalized spacial score (nSPS) is 13.3. The minimum Gasteiger partial charge on any atom is -0.507 e. The van der Waals surface area contributed by atoms with Gasteiger partial charge in [-0.05, 0) is 185 Å². The number of terminal acetylenes is 1. The molecule has 0 unspecified atom stereocenters. The number of phenolic OH excluding ortho intramolecular Hbond substituents is 3. The number of rotatable bonds is 6. The molecule has 0 atom stereocenters. The molecule has 0 fully saturated rings. The molecule has 6 aromatic rings. The first-order chi connectivity index (χ1) is 38.1. The van der Waals surface area contributed by atoms with E-state index >= 15 is 0 Å². The van der Waals surface area contributed by atoms with Gasteiger partial charge in [-0.15, -0.1) is 6.42 Å². The number of hydrogen-bond donors (Lipinski definition) is 4. The van der Waals surface area contributed by atoms with E-state index in [1.165, 1.54) is 24.0 Å². The number of amides is 1. The number of sulfone groups is 3. The van der Waals surface area contributed by atoms with Crippen LogP contribution in [-0.2, 0) is 64.2 Å². The molecule has 1 amide bonds. The summed E-state index contributed by atoms with van der Waals surface area (Å²) in [6.07, 6.45) is 8.27. The van der Waals surface area contributed by atoms with Crippen molar-refractivity contribution in [2.24, 2.45) is 5.73 Å². The molecule has 6 aromatic carbocycles. The number of nitrogens with two attached hydrogens (primary N) is 1. The van der Waals surface area contributed by atoms with E-state index < -0.39 is 46.3 Å². The number of phenols is 3. The van der Waals surface area contributed by atoms with E-state index in [4.69, 9.17) is 31.6 Å². The topological polar surface area (TPSA) is 261 Å². The highest BCUT2D eigenvalue weighted by molar-refractivity contribution is 7.91. The average molecular weight is 1210 g/mol. The van der Waals surface area contributed by atoms with Crippen molar-refractivity contribution in [1.82, 2.24) is 4.90 Å². The van der Waals surface area contributed by atoms with Crippen molar-refractivity contribution in [3.63, 3.8) is 0 Å². The fourth-order valence-corrected chi connectivity index (χ4v) is 11.2. The zero-order valence-corrected chi connectivity index (χ0v) is 49.7. The van der Waals surface area contributed by atoms with Crippen LogP contribution < -0.4 is 19.9 Å². The van der Waals surface area contributed by atoms with Gasteiger partial charge in [-0.25, -0.2) is 25.3 Å². The standard InChI is InChI=1S/C20H23NO5S.C17H19NO4S.C17H15NO4S.C9H4.3CH4/c1-12(22)21(4)11-13-8-17(23)19-15-10-14(27(5,24)25)6-7-16(15)20(2,3)26-18(19)9-13;2*1-17(2)13-5-4-11(23(3,20)21)8-12(13)16-14(19)6-10(9-18)7-15(16)22-17;1-3-5-7-9-8-6-4-2;;;/h6-10,23H,11H2,1-5H3;4-8,19H,9,18H2,1-3H3;4-8,19H,1-3H3;1H,2H3;3*1H4. The molecule has 19 heteroatoms. The van der Waals surface area contributed by atoms with Crippen LogP contribution in [0.3, 0.4) is 0 Å². The lowest BCUT2D eigenvalue weighted by atomic mass is 9.85. The van der Waals surface area contributed by atoms with E-state index in [9.17, 15) is 45.4 Å². The van der Waals surface area contributed by atoms with E-state index in [-0.39, 0.29) is 72.2 Å². The molecule has 0 saturated carbocycles. The van der Waals surface area contributed by atoms with Crippen molar-refractivity contribution in [2.75, 3.05) is 25.8 Å². The summed E-state index contributed by atoms with van der Waals surface area (Å²) in [5.41, 5.74) is 11.0. The van der Waals surface area contributed by atoms with Gasteiger partial charge in [-0.2, -0.15) is 5.26 Å². The summed E-state index contributed by atoms with van der Waals surface area (Å²) >= 11 is 0. The van der Waals surface area contributed by atoms with Crippen LogP contribution in [0.15, 0.2) is 106 Å². The number of hydrogen-bond acceptors (Lipinski definition) is 15. The molecule has 3 aliphatic heterocycles. The Morgan fingerprint density at radius 2 is 0.906 bits per heavy atom. The Labute approximate surface area is 502 Å². The Bertz CT molecular complexity index is 4250. The van der Waals surface area contributed by atoms with Crippen molar-refractivity contribution in [3.8, 4) is 122 Å². The molecule has 0 aliphatic carbocycles. The van der Waals surface area contributed by atoms with Crippen LogP contribution in [0.25, 0.3) is 33.4 Å². The number of benzene rings is 6. The Morgan fingerprint density at radius 1 is 0.565 bits per heavy atom. The number of aromatic hydroxyl groups is 3. The van der Waals surface area contributed by atoms with Gasteiger partial charge >= 0.3 is 0 Å². The molecular formula is C66H73N3O13S3. The molecule has 0 spiro atoms. The van der Waals surface area contributed by atoms with Crippen molar-refractivity contribution < 1.29 is 59.6 Å². The van der Waals surface area contributed by atoms with Crippen LogP contribution in [0.2, 0.25) is 0 Å². The predicted molar refractivity (Wildman–Crippen MR) is 334 cm³/mol. The van der Waals surface area contributed by atoms with Crippen molar-refractivity contribution in [1.29, 1.82) is 5.26 Å². The second kappa shape index (κ2) is 26.8.